The predicted molar refractivity (Wildman–Crippen MR) is 87.6 cm³/mol. The Kier molecular flexibility index (Phi) is 3.80. The van der Waals surface area contributed by atoms with Crippen molar-refractivity contribution in [2.24, 2.45) is 4.99 Å². The second-order valence-corrected chi connectivity index (χ2v) is 6.06. The Morgan fingerprint density at radius 1 is 1.20 bits per heavy atom. The molecule has 0 saturated heterocycles. The minimum atomic E-state index is 0.758. The van der Waals surface area contributed by atoms with Crippen LogP contribution in [0.5, 0.6) is 5.75 Å². The second kappa shape index (κ2) is 5.73. The summed E-state index contributed by atoms with van der Waals surface area (Å²) in [4.78, 5) is 8.90. The molecule has 2 aromatic carbocycles. The molecule has 0 saturated carbocycles. The lowest BCUT2D eigenvalue weighted by Crippen LogP contribution is -1.84. The molecule has 5 heteroatoms. The number of halogens is 1. The highest BCUT2D eigenvalue weighted by molar-refractivity contribution is 9.10. The van der Waals surface area contributed by atoms with E-state index in [1.807, 2.05) is 42.6 Å². The molecule has 20 heavy (non-hydrogen) atoms. The monoisotopic (exact) mass is 346 g/mol. The molecule has 0 N–H and O–H groups in total. The summed E-state index contributed by atoms with van der Waals surface area (Å²) < 4.78 is 7.30. The van der Waals surface area contributed by atoms with Gasteiger partial charge in [-0.3, -0.25) is 0 Å². The van der Waals surface area contributed by atoms with Crippen molar-refractivity contribution in [3.8, 4) is 5.75 Å². The number of thiazole rings is 1. The SMILES string of the molecule is COc1ccc(C=Nc2nc3ccc(Br)cc3s2)cc1. The molecule has 0 aliphatic heterocycles. The summed E-state index contributed by atoms with van der Waals surface area (Å²) in [5.74, 6) is 0.840. The summed E-state index contributed by atoms with van der Waals surface area (Å²) in [7, 11) is 1.66. The Hall–Kier alpha value is -1.72. The van der Waals surface area contributed by atoms with Gasteiger partial charge in [-0.25, -0.2) is 9.98 Å². The summed E-state index contributed by atoms with van der Waals surface area (Å²) in [6, 6.07) is 13.8. The zero-order valence-corrected chi connectivity index (χ0v) is 13.1. The van der Waals surface area contributed by atoms with Crippen LogP contribution in [0, 0.1) is 0 Å². The van der Waals surface area contributed by atoms with Gasteiger partial charge in [0.15, 0.2) is 0 Å². The first kappa shape index (κ1) is 13.3. The quantitative estimate of drug-likeness (QED) is 0.637. The molecular formula is C15H11BrN2OS. The first-order chi connectivity index (χ1) is 9.74. The van der Waals surface area contributed by atoms with Gasteiger partial charge in [0.1, 0.15) is 5.75 Å². The highest BCUT2D eigenvalue weighted by Gasteiger charge is 2.02. The largest absolute Gasteiger partial charge is 0.497 e. The van der Waals surface area contributed by atoms with Crippen molar-refractivity contribution in [3.05, 3.63) is 52.5 Å². The molecule has 0 aliphatic rings. The lowest BCUT2D eigenvalue weighted by molar-refractivity contribution is 0.415. The molecule has 0 aliphatic carbocycles. The van der Waals surface area contributed by atoms with Crippen molar-refractivity contribution < 1.29 is 4.74 Å². The van der Waals surface area contributed by atoms with Gasteiger partial charge in [0.05, 0.1) is 17.3 Å². The van der Waals surface area contributed by atoms with Crippen LogP contribution >= 0.6 is 27.3 Å². The topological polar surface area (TPSA) is 34.5 Å². The van der Waals surface area contributed by atoms with E-state index in [4.69, 9.17) is 4.74 Å². The second-order valence-electron chi connectivity index (χ2n) is 4.14. The Balaban J connectivity index is 1.85. The average Bonchev–Trinajstić information content (AvgIpc) is 2.87. The van der Waals surface area contributed by atoms with Gasteiger partial charge in [-0.2, -0.15) is 0 Å². The Bertz CT molecular complexity index is 765. The van der Waals surface area contributed by atoms with Crippen molar-refractivity contribution in [2.45, 2.75) is 0 Å². The van der Waals surface area contributed by atoms with E-state index in [0.717, 1.165) is 31.1 Å². The maximum atomic E-state index is 5.12. The number of hydrogen-bond acceptors (Lipinski definition) is 4. The number of aliphatic imine (C=N–C) groups is 1. The maximum absolute atomic E-state index is 5.12. The van der Waals surface area contributed by atoms with E-state index < -0.39 is 0 Å². The van der Waals surface area contributed by atoms with E-state index in [-0.39, 0.29) is 0 Å². The minimum absolute atomic E-state index is 0.758. The van der Waals surface area contributed by atoms with E-state index in [0.29, 0.717) is 0 Å². The van der Waals surface area contributed by atoms with E-state index >= 15 is 0 Å². The third-order valence-electron chi connectivity index (χ3n) is 2.78. The van der Waals surface area contributed by atoms with Crippen LogP contribution in [0.2, 0.25) is 0 Å². The molecule has 0 bridgehead atoms. The van der Waals surface area contributed by atoms with Crippen LogP contribution in [0.3, 0.4) is 0 Å². The van der Waals surface area contributed by atoms with E-state index in [9.17, 15) is 0 Å². The van der Waals surface area contributed by atoms with Gasteiger partial charge in [0.2, 0.25) is 5.13 Å². The minimum Gasteiger partial charge on any atom is -0.497 e. The fourth-order valence-electron chi connectivity index (χ4n) is 1.76. The van der Waals surface area contributed by atoms with Gasteiger partial charge in [0.25, 0.3) is 0 Å². The van der Waals surface area contributed by atoms with Crippen molar-refractivity contribution in [2.75, 3.05) is 7.11 Å². The van der Waals surface area contributed by atoms with E-state index in [2.05, 4.69) is 32.0 Å². The van der Waals surface area contributed by atoms with Gasteiger partial charge in [-0.1, -0.05) is 27.3 Å². The van der Waals surface area contributed by atoms with Gasteiger partial charge in [-0.05, 0) is 48.0 Å². The summed E-state index contributed by atoms with van der Waals surface area (Å²) in [6.45, 7) is 0. The Labute approximate surface area is 129 Å². The average molecular weight is 347 g/mol. The van der Waals surface area contributed by atoms with Gasteiger partial charge in [-0.15, -0.1) is 0 Å². The standard InChI is InChI=1S/C15H11BrN2OS/c1-19-12-5-2-10(3-6-12)9-17-15-18-13-7-4-11(16)8-14(13)20-15/h2-9H,1H3. The molecule has 0 unspecified atom stereocenters. The zero-order valence-electron chi connectivity index (χ0n) is 10.7. The fraction of sp³-hybridized carbons (Fsp3) is 0.0667. The fourth-order valence-corrected chi connectivity index (χ4v) is 3.12. The van der Waals surface area contributed by atoms with E-state index in [1.54, 1.807) is 18.4 Å². The first-order valence-corrected chi connectivity index (χ1v) is 7.60. The molecular weight excluding hydrogens is 336 g/mol. The third-order valence-corrected chi connectivity index (χ3v) is 4.20. The van der Waals surface area contributed by atoms with Crippen LogP contribution in [0.25, 0.3) is 10.2 Å². The zero-order chi connectivity index (χ0) is 13.9. The summed E-state index contributed by atoms with van der Waals surface area (Å²) >= 11 is 5.03. The number of benzene rings is 2. The molecule has 0 amide bonds. The number of nitrogens with zero attached hydrogens (tertiary/aromatic N) is 2. The summed E-state index contributed by atoms with van der Waals surface area (Å²) in [6.07, 6.45) is 1.81. The Morgan fingerprint density at radius 2 is 2.00 bits per heavy atom. The number of rotatable bonds is 3. The lowest BCUT2D eigenvalue weighted by Gasteiger charge is -1.98. The molecule has 3 rings (SSSR count). The molecule has 0 fully saturated rings. The van der Waals surface area contributed by atoms with Crippen LogP contribution in [-0.4, -0.2) is 18.3 Å². The van der Waals surface area contributed by atoms with Gasteiger partial charge >= 0.3 is 0 Å². The Morgan fingerprint density at radius 3 is 2.75 bits per heavy atom. The van der Waals surface area contributed by atoms with Gasteiger partial charge < -0.3 is 4.74 Å². The molecule has 3 nitrogen and oxygen atoms in total. The van der Waals surface area contributed by atoms with E-state index in [1.165, 1.54) is 0 Å². The molecule has 100 valence electrons. The summed E-state index contributed by atoms with van der Waals surface area (Å²) in [5.41, 5.74) is 1.99. The van der Waals surface area contributed by atoms with Crippen molar-refractivity contribution in [3.63, 3.8) is 0 Å². The number of ether oxygens (including phenoxy) is 1. The van der Waals surface area contributed by atoms with Gasteiger partial charge in [0, 0.05) is 10.7 Å². The van der Waals surface area contributed by atoms with Crippen LogP contribution < -0.4 is 4.74 Å². The van der Waals surface area contributed by atoms with Crippen LogP contribution in [0.4, 0.5) is 5.13 Å². The van der Waals surface area contributed by atoms with Crippen LogP contribution in [0.15, 0.2) is 51.9 Å². The molecule has 0 spiro atoms. The highest BCUT2D eigenvalue weighted by atomic mass is 79.9. The maximum Gasteiger partial charge on any atom is 0.210 e. The van der Waals surface area contributed by atoms with Crippen molar-refractivity contribution in [1.29, 1.82) is 0 Å². The van der Waals surface area contributed by atoms with Crippen molar-refractivity contribution in [1.82, 2.24) is 4.98 Å². The summed E-state index contributed by atoms with van der Waals surface area (Å²) in [5, 5.41) is 0.758. The van der Waals surface area contributed by atoms with Crippen LogP contribution in [-0.2, 0) is 0 Å². The first-order valence-electron chi connectivity index (χ1n) is 5.99. The molecule has 1 aromatic heterocycles. The number of fused-ring (bicyclic) bond motifs is 1. The van der Waals surface area contributed by atoms with Crippen LogP contribution in [0.1, 0.15) is 5.56 Å². The third kappa shape index (κ3) is 2.89. The highest BCUT2D eigenvalue weighted by Crippen LogP contribution is 2.30. The number of aromatic nitrogens is 1. The number of methoxy groups -OCH3 is 1. The number of hydrogen-bond donors (Lipinski definition) is 0. The lowest BCUT2D eigenvalue weighted by atomic mass is 10.2. The van der Waals surface area contributed by atoms with Crippen molar-refractivity contribution >= 4 is 48.8 Å². The normalized spacial score (nSPS) is 11.3. The predicted octanol–water partition coefficient (Wildman–Crippen LogP) is 4.82. The molecule has 0 radical (unpaired) electrons. The molecule has 0 atom stereocenters. The molecule has 1 heterocycles. The molecule has 3 aromatic rings. The smallest absolute Gasteiger partial charge is 0.210 e.